The Kier molecular flexibility index (Phi) is 4.49. The Morgan fingerprint density at radius 1 is 1.15 bits per heavy atom. The minimum Gasteiger partial charge on any atom is -0.370 e. The summed E-state index contributed by atoms with van der Waals surface area (Å²) < 4.78 is 0. The number of benzene rings is 1. The van der Waals surface area contributed by atoms with Crippen LogP contribution in [-0.2, 0) is 6.54 Å². The molecule has 0 aliphatic heterocycles. The Labute approximate surface area is 117 Å². The molecule has 20 heavy (non-hydrogen) atoms. The van der Waals surface area contributed by atoms with E-state index in [9.17, 15) is 10.1 Å². The first-order chi connectivity index (χ1) is 9.70. The third kappa shape index (κ3) is 3.44. The summed E-state index contributed by atoms with van der Waals surface area (Å²) in [6, 6.07) is 12.7. The summed E-state index contributed by atoms with van der Waals surface area (Å²) in [5.41, 5.74) is 1.01. The predicted octanol–water partition coefficient (Wildman–Crippen LogP) is 3.03. The molecule has 6 heteroatoms. The van der Waals surface area contributed by atoms with E-state index in [1.165, 1.54) is 6.07 Å². The van der Waals surface area contributed by atoms with E-state index < -0.39 is 4.92 Å². The zero-order valence-corrected chi connectivity index (χ0v) is 11.2. The van der Waals surface area contributed by atoms with Crippen molar-refractivity contribution in [3.8, 4) is 0 Å². The van der Waals surface area contributed by atoms with Gasteiger partial charge in [0.25, 0.3) is 0 Å². The van der Waals surface area contributed by atoms with E-state index in [4.69, 9.17) is 0 Å². The Bertz CT molecular complexity index is 587. The second-order valence-corrected chi connectivity index (χ2v) is 4.19. The number of anilines is 2. The number of aromatic nitrogens is 1. The largest absolute Gasteiger partial charge is 0.370 e. The molecule has 0 saturated heterocycles. The van der Waals surface area contributed by atoms with Crippen molar-refractivity contribution >= 4 is 17.3 Å². The molecule has 0 radical (unpaired) electrons. The lowest BCUT2D eigenvalue weighted by Crippen LogP contribution is -2.07. The Balaban J connectivity index is 2.19. The van der Waals surface area contributed by atoms with Gasteiger partial charge in [0, 0.05) is 19.2 Å². The van der Waals surface area contributed by atoms with E-state index in [0.717, 1.165) is 5.56 Å². The highest BCUT2D eigenvalue weighted by Crippen LogP contribution is 2.24. The van der Waals surface area contributed by atoms with Crippen molar-refractivity contribution in [1.82, 2.24) is 4.98 Å². The van der Waals surface area contributed by atoms with E-state index in [0.29, 0.717) is 18.9 Å². The van der Waals surface area contributed by atoms with Crippen LogP contribution in [0.25, 0.3) is 0 Å². The van der Waals surface area contributed by atoms with Crippen molar-refractivity contribution in [2.45, 2.75) is 13.5 Å². The van der Waals surface area contributed by atoms with Crippen molar-refractivity contribution in [2.24, 2.45) is 0 Å². The van der Waals surface area contributed by atoms with Crippen molar-refractivity contribution in [2.75, 3.05) is 17.2 Å². The fourth-order valence-electron chi connectivity index (χ4n) is 1.79. The summed E-state index contributed by atoms with van der Waals surface area (Å²) in [5, 5.41) is 17.1. The Hall–Kier alpha value is -2.63. The molecule has 0 unspecified atom stereocenters. The van der Waals surface area contributed by atoms with Crippen LogP contribution in [0.4, 0.5) is 17.3 Å². The van der Waals surface area contributed by atoms with E-state index in [1.54, 1.807) is 6.07 Å². The van der Waals surface area contributed by atoms with Gasteiger partial charge in [-0.15, -0.1) is 0 Å². The SMILES string of the molecule is CCNc1ccc([N+](=O)[O-])c(NCc2ccccc2)n1. The van der Waals surface area contributed by atoms with Crippen LogP contribution < -0.4 is 10.6 Å². The van der Waals surface area contributed by atoms with Crippen molar-refractivity contribution in [3.63, 3.8) is 0 Å². The van der Waals surface area contributed by atoms with E-state index in [2.05, 4.69) is 15.6 Å². The first-order valence-electron chi connectivity index (χ1n) is 6.38. The molecule has 2 N–H and O–H groups in total. The average Bonchev–Trinajstić information content (AvgIpc) is 2.46. The van der Waals surface area contributed by atoms with Crippen LogP contribution in [-0.4, -0.2) is 16.5 Å². The third-order valence-electron chi connectivity index (χ3n) is 2.73. The van der Waals surface area contributed by atoms with Gasteiger partial charge < -0.3 is 10.6 Å². The van der Waals surface area contributed by atoms with Gasteiger partial charge in [-0.05, 0) is 18.6 Å². The fraction of sp³-hybridized carbons (Fsp3) is 0.214. The molecule has 0 atom stereocenters. The smallest absolute Gasteiger partial charge is 0.311 e. The maximum atomic E-state index is 11.0. The average molecular weight is 272 g/mol. The lowest BCUT2D eigenvalue weighted by Gasteiger charge is -2.09. The number of pyridine rings is 1. The highest BCUT2D eigenvalue weighted by Gasteiger charge is 2.15. The van der Waals surface area contributed by atoms with Gasteiger partial charge in [-0.2, -0.15) is 0 Å². The molecule has 2 aromatic rings. The van der Waals surface area contributed by atoms with Crippen molar-refractivity contribution in [3.05, 3.63) is 58.1 Å². The molecule has 1 aromatic carbocycles. The first kappa shape index (κ1) is 13.8. The van der Waals surface area contributed by atoms with Gasteiger partial charge in [0.1, 0.15) is 5.82 Å². The topological polar surface area (TPSA) is 80.1 Å². The van der Waals surface area contributed by atoms with Gasteiger partial charge in [-0.3, -0.25) is 10.1 Å². The van der Waals surface area contributed by atoms with Gasteiger partial charge in [-0.1, -0.05) is 30.3 Å². The second-order valence-electron chi connectivity index (χ2n) is 4.19. The normalized spacial score (nSPS) is 10.1. The lowest BCUT2D eigenvalue weighted by molar-refractivity contribution is -0.384. The number of hydrogen-bond donors (Lipinski definition) is 2. The molecule has 1 aromatic heterocycles. The minimum atomic E-state index is -0.434. The molecule has 2 rings (SSSR count). The molecular formula is C14H16N4O2. The Morgan fingerprint density at radius 3 is 2.55 bits per heavy atom. The molecule has 0 fully saturated rings. The summed E-state index contributed by atoms with van der Waals surface area (Å²) >= 11 is 0. The number of nitrogens with zero attached hydrogens (tertiary/aromatic N) is 2. The summed E-state index contributed by atoms with van der Waals surface area (Å²) in [6.07, 6.45) is 0. The van der Waals surface area contributed by atoms with Gasteiger partial charge in [0.05, 0.1) is 4.92 Å². The summed E-state index contributed by atoms with van der Waals surface area (Å²) in [7, 11) is 0. The minimum absolute atomic E-state index is 0.0254. The van der Waals surface area contributed by atoms with Crippen LogP contribution in [0.5, 0.6) is 0 Å². The molecule has 6 nitrogen and oxygen atoms in total. The summed E-state index contributed by atoms with van der Waals surface area (Å²) in [4.78, 5) is 14.8. The van der Waals surface area contributed by atoms with Crippen molar-refractivity contribution < 1.29 is 4.92 Å². The first-order valence-corrected chi connectivity index (χ1v) is 6.38. The van der Waals surface area contributed by atoms with Gasteiger partial charge >= 0.3 is 5.69 Å². The zero-order chi connectivity index (χ0) is 14.4. The monoisotopic (exact) mass is 272 g/mol. The van der Waals surface area contributed by atoms with Crippen LogP contribution in [0.1, 0.15) is 12.5 Å². The standard InChI is InChI=1S/C14H16N4O2/c1-2-15-13-9-8-12(18(19)20)14(17-13)16-10-11-6-4-3-5-7-11/h3-9H,2,10H2,1H3,(H2,15,16,17). The molecule has 0 bridgehead atoms. The second kappa shape index (κ2) is 6.51. The van der Waals surface area contributed by atoms with Gasteiger partial charge in [0.15, 0.2) is 0 Å². The number of hydrogen-bond acceptors (Lipinski definition) is 5. The zero-order valence-electron chi connectivity index (χ0n) is 11.2. The van der Waals surface area contributed by atoms with Crippen LogP contribution in [0.15, 0.2) is 42.5 Å². The number of rotatable bonds is 6. The van der Waals surface area contributed by atoms with E-state index in [1.807, 2.05) is 37.3 Å². The number of nitrogens with one attached hydrogen (secondary N) is 2. The predicted molar refractivity (Wildman–Crippen MR) is 78.8 cm³/mol. The molecule has 104 valence electrons. The maximum Gasteiger partial charge on any atom is 0.311 e. The molecule has 1 heterocycles. The lowest BCUT2D eigenvalue weighted by atomic mass is 10.2. The molecular weight excluding hydrogens is 256 g/mol. The van der Waals surface area contributed by atoms with Crippen LogP contribution in [0.2, 0.25) is 0 Å². The molecule has 0 saturated carbocycles. The quantitative estimate of drug-likeness (QED) is 0.624. The van der Waals surface area contributed by atoms with E-state index in [-0.39, 0.29) is 11.5 Å². The van der Waals surface area contributed by atoms with Gasteiger partial charge in [-0.25, -0.2) is 4.98 Å². The van der Waals surface area contributed by atoms with Gasteiger partial charge in [0.2, 0.25) is 5.82 Å². The summed E-state index contributed by atoms with van der Waals surface area (Å²) in [6.45, 7) is 3.15. The molecule has 0 amide bonds. The van der Waals surface area contributed by atoms with Crippen LogP contribution in [0, 0.1) is 10.1 Å². The van der Waals surface area contributed by atoms with Crippen LogP contribution >= 0.6 is 0 Å². The molecule has 0 aliphatic carbocycles. The van der Waals surface area contributed by atoms with E-state index >= 15 is 0 Å². The highest BCUT2D eigenvalue weighted by molar-refractivity contribution is 5.60. The molecule has 0 spiro atoms. The highest BCUT2D eigenvalue weighted by atomic mass is 16.6. The summed E-state index contributed by atoms with van der Waals surface area (Å²) in [5.74, 6) is 0.894. The third-order valence-corrected chi connectivity index (χ3v) is 2.73. The fourth-order valence-corrected chi connectivity index (χ4v) is 1.79. The number of nitro groups is 1. The van der Waals surface area contributed by atoms with Crippen LogP contribution in [0.3, 0.4) is 0 Å². The Morgan fingerprint density at radius 2 is 1.90 bits per heavy atom. The molecule has 0 aliphatic rings. The maximum absolute atomic E-state index is 11.0. The van der Waals surface area contributed by atoms with Crippen molar-refractivity contribution in [1.29, 1.82) is 0 Å².